The lowest BCUT2D eigenvalue weighted by Gasteiger charge is -2.32. The number of hydrogen-bond donors (Lipinski definition) is 2. The first-order chi connectivity index (χ1) is 8.45. The Kier molecular flexibility index (Phi) is 5.86. The van der Waals surface area contributed by atoms with E-state index in [4.69, 9.17) is 5.41 Å². The Labute approximate surface area is 112 Å². The monoisotopic (exact) mass is 251 g/mol. The Morgan fingerprint density at radius 2 is 1.89 bits per heavy atom. The van der Waals surface area contributed by atoms with E-state index in [1.54, 1.807) is 0 Å². The molecule has 0 spiro atoms. The molecule has 0 unspecified atom stereocenters. The van der Waals surface area contributed by atoms with Gasteiger partial charge in [-0.15, -0.1) is 0 Å². The number of allylic oxidation sites excluding steroid dienone is 2. The molecule has 1 heterocycles. The minimum Gasteiger partial charge on any atom is -0.385 e. The second-order valence-electron chi connectivity index (χ2n) is 5.75. The average Bonchev–Trinajstić information content (AvgIpc) is 2.36. The van der Waals surface area contributed by atoms with E-state index in [2.05, 4.69) is 45.0 Å². The van der Waals surface area contributed by atoms with Crippen LogP contribution in [0.2, 0.25) is 0 Å². The molecular weight excluding hydrogens is 222 g/mol. The third kappa shape index (κ3) is 4.13. The van der Waals surface area contributed by atoms with E-state index in [0.717, 1.165) is 17.7 Å². The molecule has 0 saturated carbocycles. The van der Waals surface area contributed by atoms with Crippen molar-refractivity contribution in [1.29, 1.82) is 5.41 Å². The van der Waals surface area contributed by atoms with Crippen LogP contribution in [-0.4, -0.2) is 36.8 Å². The van der Waals surface area contributed by atoms with Crippen LogP contribution in [0.3, 0.4) is 0 Å². The van der Waals surface area contributed by atoms with E-state index in [-0.39, 0.29) is 0 Å². The molecule has 0 bridgehead atoms. The van der Waals surface area contributed by atoms with Crippen LogP contribution in [0, 0.1) is 11.3 Å². The van der Waals surface area contributed by atoms with E-state index >= 15 is 0 Å². The van der Waals surface area contributed by atoms with Crippen molar-refractivity contribution in [2.75, 3.05) is 20.1 Å². The molecule has 1 fully saturated rings. The largest absolute Gasteiger partial charge is 0.385 e. The number of rotatable bonds is 5. The molecule has 3 heteroatoms. The predicted octanol–water partition coefficient (Wildman–Crippen LogP) is 3.03. The number of nitrogens with one attached hydrogen (secondary N) is 2. The van der Waals surface area contributed by atoms with Gasteiger partial charge in [0.1, 0.15) is 0 Å². The zero-order valence-corrected chi connectivity index (χ0v) is 12.6. The van der Waals surface area contributed by atoms with E-state index in [1.807, 2.05) is 0 Å². The smallest absolute Gasteiger partial charge is 0.0357 e. The first-order valence-corrected chi connectivity index (χ1v) is 7.19. The van der Waals surface area contributed by atoms with Gasteiger partial charge in [0.15, 0.2) is 0 Å². The predicted molar refractivity (Wildman–Crippen MR) is 79.2 cm³/mol. The summed E-state index contributed by atoms with van der Waals surface area (Å²) in [5, 5.41) is 11.7. The van der Waals surface area contributed by atoms with Crippen molar-refractivity contribution in [2.24, 2.45) is 5.92 Å². The Morgan fingerprint density at radius 1 is 1.33 bits per heavy atom. The normalized spacial score (nSPS) is 19.9. The molecule has 0 atom stereocenters. The van der Waals surface area contributed by atoms with E-state index in [9.17, 15) is 0 Å². The molecular formula is C15H29N3. The zero-order valence-electron chi connectivity index (χ0n) is 12.6. The number of likely N-dealkylation sites (tertiary alicyclic amines) is 1. The third-order valence-electron chi connectivity index (χ3n) is 3.87. The Balaban J connectivity index is 2.72. The fourth-order valence-corrected chi connectivity index (χ4v) is 2.51. The Bertz CT molecular complexity index is 310. The minimum absolute atomic E-state index is 0.469. The summed E-state index contributed by atoms with van der Waals surface area (Å²) in [5.41, 5.74) is 3.18. The highest BCUT2D eigenvalue weighted by Gasteiger charge is 2.19. The lowest BCUT2D eigenvalue weighted by molar-refractivity contribution is 0.239. The van der Waals surface area contributed by atoms with Gasteiger partial charge in [0, 0.05) is 17.5 Å². The molecule has 1 saturated heterocycles. The number of piperidine rings is 1. The van der Waals surface area contributed by atoms with Gasteiger partial charge in [-0.05, 0) is 57.8 Å². The molecule has 0 aromatic heterocycles. The van der Waals surface area contributed by atoms with Crippen molar-refractivity contribution in [3.8, 4) is 0 Å². The van der Waals surface area contributed by atoms with Crippen LogP contribution < -0.4 is 5.32 Å². The molecule has 2 N–H and O–H groups in total. The summed E-state index contributed by atoms with van der Waals surface area (Å²) in [6.45, 7) is 10.9. The minimum atomic E-state index is 0.469. The van der Waals surface area contributed by atoms with Crippen molar-refractivity contribution in [3.63, 3.8) is 0 Å². The van der Waals surface area contributed by atoms with Crippen LogP contribution in [0.1, 0.15) is 47.0 Å². The highest BCUT2D eigenvalue weighted by Crippen LogP contribution is 2.18. The molecule has 1 rings (SSSR count). The zero-order chi connectivity index (χ0) is 13.7. The highest BCUT2D eigenvalue weighted by atomic mass is 15.1. The lowest BCUT2D eigenvalue weighted by Crippen LogP contribution is -2.41. The molecule has 0 radical (unpaired) electrons. The molecule has 0 amide bonds. The van der Waals surface area contributed by atoms with Crippen LogP contribution >= 0.6 is 0 Å². The summed E-state index contributed by atoms with van der Waals surface area (Å²) < 4.78 is 0. The molecule has 1 aliphatic rings. The molecule has 104 valence electrons. The Morgan fingerprint density at radius 3 is 2.33 bits per heavy atom. The van der Waals surface area contributed by atoms with Crippen LogP contribution in [0.15, 0.2) is 11.3 Å². The van der Waals surface area contributed by atoms with E-state index in [1.165, 1.54) is 31.6 Å². The number of nitrogens with zero attached hydrogens (tertiary/aromatic N) is 1. The molecule has 0 aromatic carbocycles. The highest BCUT2D eigenvalue weighted by molar-refractivity contribution is 5.97. The maximum atomic E-state index is 8.01. The Hall–Kier alpha value is -0.830. The van der Waals surface area contributed by atoms with Gasteiger partial charge < -0.3 is 15.6 Å². The molecule has 18 heavy (non-hydrogen) atoms. The van der Waals surface area contributed by atoms with Gasteiger partial charge in [-0.3, -0.25) is 0 Å². The number of hydrogen-bond acceptors (Lipinski definition) is 3. The average molecular weight is 251 g/mol. The summed E-state index contributed by atoms with van der Waals surface area (Å²) >= 11 is 0. The fraction of sp³-hybridized carbons (Fsp3) is 0.800. The van der Waals surface area contributed by atoms with Crippen LogP contribution in [0.5, 0.6) is 0 Å². The van der Waals surface area contributed by atoms with Crippen molar-refractivity contribution in [3.05, 3.63) is 11.3 Å². The van der Waals surface area contributed by atoms with Gasteiger partial charge in [-0.2, -0.15) is 0 Å². The SMILES string of the molecule is CCC(=N)/C(C)=C(\NC1CCN(C)CC1)C(C)C. The lowest BCUT2D eigenvalue weighted by atomic mass is 9.97. The molecule has 0 aromatic rings. The summed E-state index contributed by atoms with van der Waals surface area (Å²) in [5.74, 6) is 0.469. The standard InChI is InChI=1S/C15H29N3/c1-6-14(16)12(4)15(11(2)3)17-13-7-9-18(5)10-8-13/h11,13,16-17H,6-10H2,1-5H3/b15-12-,16-14?. The quantitative estimate of drug-likeness (QED) is 0.737. The first-order valence-electron chi connectivity index (χ1n) is 7.19. The van der Waals surface area contributed by atoms with Gasteiger partial charge in [0.25, 0.3) is 0 Å². The molecule has 1 aliphatic heterocycles. The van der Waals surface area contributed by atoms with Crippen LogP contribution in [-0.2, 0) is 0 Å². The molecule has 3 nitrogen and oxygen atoms in total. The van der Waals surface area contributed by atoms with Crippen molar-refractivity contribution in [2.45, 2.75) is 53.0 Å². The first kappa shape index (κ1) is 15.2. The summed E-state index contributed by atoms with van der Waals surface area (Å²) in [7, 11) is 2.19. The summed E-state index contributed by atoms with van der Waals surface area (Å²) in [6.07, 6.45) is 3.23. The summed E-state index contributed by atoms with van der Waals surface area (Å²) in [4.78, 5) is 2.39. The van der Waals surface area contributed by atoms with E-state index in [0.29, 0.717) is 12.0 Å². The molecule has 0 aliphatic carbocycles. The van der Waals surface area contributed by atoms with Gasteiger partial charge >= 0.3 is 0 Å². The second kappa shape index (κ2) is 6.93. The third-order valence-corrected chi connectivity index (χ3v) is 3.87. The van der Waals surface area contributed by atoms with Gasteiger partial charge in [0.05, 0.1) is 0 Å². The summed E-state index contributed by atoms with van der Waals surface area (Å²) in [6, 6.07) is 0.582. The van der Waals surface area contributed by atoms with Crippen molar-refractivity contribution < 1.29 is 0 Å². The van der Waals surface area contributed by atoms with Crippen LogP contribution in [0.25, 0.3) is 0 Å². The second-order valence-corrected chi connectivity index (χ2v) is 5.75. The topological polar surface area (TPSA) is 39.1 Å². The van der Waals surface area contributed by atoms with Gasteiger partial charge in [0.2, 0.25) is 0 Å². The van der Waals surface area contributed by atoms with Gasteiger partial charge in [-0.1, -0.05) is 20.8 Å². The maximum absolute atomic E-state index is 8.01. The van der Waals surface area contributed by atoms with Crippen LogP contribution in [0.4, 0.5) is 0 Å². The fourth-order valence-electron chi connectivity index (χ4n) is 2.51. The van der Waals surface area contributed by atoms with Crippen molar-refractivity contribution >= 4 is 5.71 Å². The van der Waals surface area contributed by atoms with Gasteiger partial charge in [-0.25, -0.2) is 0 Å². The maximum Gasteiger partial charge on any atom is 0.0357 e. The van der Waals surface area contributed by atoms with Crippen molar-refractivity contribution in [1.82, 2.24) is 10.2 Å². The van der Waals surface area contributed by atoms with E-state index < -0.39 is 0 Å².